The molecule has 1 saturated heterocycles. The lowest BCUT2D eigenvalue weighted by molar-refractivity contribution is 0.102. The van der Waals surface area contributed by atoms with Crippen molar-refractivity contribution in [3.63, 3.8) is 0 Å². The molecule has 0 aliphatic carbocycles. The maximum atomic E-state index is 14.2. The van der Waals surface area contributed by atoms with Gasteiger partial charge >= 0.3 is 0 Å². The maximum absolute atomic E-state index is 14.2. The number of hydrogen-bond acceptors (Lipinski definition) is 3. The lowest BCUT2D eigenvalue weighted by Crippen LogP contribution is -2.35. The molecular weight excluding hydrogens is 499 g/mol. The SMILES string of the molecule is CC.CCc1ccc(C(=O)Nc2ccc(-c3ccc(OC4CCN(C)CC4)cc3-c3cccc(F)c3)cc2)cc1. The summed E-state index contributed by atoms with van der Waals surface area (Å²) < 4.78 is 20.5. The Balaban J connectivity index is 0.00000181. The van der Waals surface area contributed by atoms with E-state index in [0.29, 0.717) is 11.3 Å². The second-order valence-corrected chi connectivity index (χ2v) is 9.92. The number of carbonyl (C=O) groups excluding carboxylic acids is 1. The van der Waals surface area contributed by atoms with Crippen LogP contribution in [0.5, 0.6) is 5.75 Å². The monoisotopic (exact) mass is 538 g/mol. The Bertz CT molecular complexity index is 1390. The molecule has 40 heavy (non-hydrogen) atoms. The Kier molecular flexibility index (Phi) is 10.1. The second-order valence-electron chi connectivity index (χ2n) is 9.92. The first-order valence-corrected chi connectivity index (χ1v) is 14.2. The number of anilines is 1. The molecule has 5 heteroatoms. The molecule has 4 nitrogen and oxygen atoms in total. The molecule has 0 aromatic heterocycles. The van der Waals surface area contributed by atoms with Crippen molar-refractivity contribution in [3.8, 4) is 28.0 Å². The molecule has 5 rings (SSSR count). The molecule has 0 saturated carbocycles. The van der Waals surface area contributed by atoms with E-state index in [-0.39, 0.29) is 17.8 Å². The minimum atomic E-state index is -0.278. The summed E-state index contributed by atoms with van der Waals surface area (Å²) in [6.07, 6.45) is 3.10. The fraction of sp³-hybridized carbons (Fsp3) is 0.286. The first-order chi connectivity index (χ1) is 19.5. The molecule has 0 spiro atoms. The number of piperidine rings is 1. The van der Waals surface area contributed by atoms with Crippen LogP contribution in [0.25, 0.3) is 22.3 Å². The second kappa shape index (κ2) is 13.9. The molecule has 1 amide bonds. The Morgan fingerprint density at radius 1 is 0.875 bits per heavy atom. The topological polar surface area (TPSA) is 41.6 Å². The Labute approximate surface area is 237 Å². The third-order valence-electron chi connectivity index (χ3n) is 7.17. The summed E-state index contributed by atoms with van der Waals surface area (Å²) in [5.41, 5.74) is 6.18. The molecular formula is C35H39FN2O2. The number of nitrogens with zero attached hydrogens (tertiary/aromatic N) is 1. The van der Waals surface area contributed by atoms with Gasteiger partial charge in [-0.05, 0) is 103 Å². The zero-order valence-corrected chi connectivity index (χ0v) is 23.9. The highest BCUT2D eigenvalue weighted by Crippen LogP contribution is 2.36. The van der Waals surface area contributed by atoms with E-state index < -0.39 is 0 Å². The molecule has 0 bridgehead atoms. The third kappa shape index (κ3) is 7.36. The number of benzene rings is 4. The molecule has 208 valence electrons. The zero-order chi connectivity index (χ0) is 28.5. The van der Waals surface area contributed by atoms with Crippen LogP contribution in [0.3, 0.4) is 0 Å². The molecule has 4 aromatic carbocycles. The van der Waals surface area contributed by atoms with E-state index in [0.717, 1.165) is 60.4 Å². The van der Waals surface area contributed by atoms with Crippen LogP contribution in [0.15, 0.2) is 91.0 Å². The van der Waals surface area contributed by atoms with E-state index in [9.17, 15) is 9.18 Å². The Hall–Kier alpha value is -3.96. The molecule has 0 unspecified atom stereocenters. The van der Waals surface area contributed by atoms with E-state index in [1.54, 1.807) is 12.1 Å². The highest BCUT2D eigenvalue weighted by molar-refractivity contribution is 6.04. The lowest BCUT2D eigenvalue weighted by Gasteiger charge is -2.29. The number of likely N-dealkylation sites (tertiary alicyclic amines) is 1. The third-order valence-corrected chi connectivity index (χ3v) is 7.17. The summed E-state index contributed by atoms with van der Waals surface area (Å²) in [6, 6.07) is 28.1. The van der Waals surface area contributed by atoms with Crippen LogP contribution in [-0.2, 0) is 6.42 Å². The number of hydrogen-bond donors (Lipinski definition) is 1. The number of nitrogens with one attached hydrogen (secondary N) is 1. The van der Waals surface area contributed by atoms with E-state index in [4.69, 9.17) is 4.74 Å². The first-order valence-electron chi connectivity index (χ1n) is 14.2. The zero-order valence-electron chi connectivity index (χ0n) is 23.9. The number of aryl methyl sites for hydroxylation is 1. The van der Waals surface area contributed by atoms with Gasteiger partial charge in [-0.25, -0.2) is 4.39 Å². The quantitative estimate of drug-likeness (QED) is 0.257. The van der Waals surface area contributed by atoms with Crippen LogP contribution in [0, 0.1) is 5.82 Å². The molecule has 1 fully saturated rings. The van der Waals surface area contributed by atoms with Crippen molar-refractivity contribution in [1.82, 2.24) is 4.90 Å². The molecule has 1 aliphatic rings. The van der Waals surface area contributed by atoms with Crippen molar-refractivity contribution in [2.24, 2.45) is 0 Å². The predicted octanol–water partition coefficient (Wildman–Crippen LogP) is 8.47. The number of ether oxygens (including phenoxy) is 1. The average Bonchev–Trinajstić information content (AvgIpc) is 3.00. The number of amides is 1. The van der Waals surface area contributed by atoms with Crippen molar-refractivity contribution >= 4 is 11.6 Å². The first kappa shape index (κ1) is 29.0. The number of halogens is 1. The fourth-order valence-electron chi connectivity index (χ4n) is 4.87. The van der Waals surface area contributed by atoms with Gasteiger partial charge in [-0.15, -0.1) is 0 Å². The lowest BCUT2D eigenvalue weighted by atomic mass is 9.94. The molecule has 0 radical (unpaired) electrons. The van der Waals surface area contributed by atoms with Crippen LogP contribution in [0.2, 0.25) is 0 Å². The predicted molar refractivity (Wildman–Crippen MR) is 164 cm³/mol. The summed E-state index contributed by atoms with van der Waals surface area (Å²) in [7, 11) is 2.13. The summed E-state index contributed by atoms with van der Waals surface area (Å²) in [5.74, 6) is 0.372. The smallest absolute Gasteiger partial charge is 0.255 e. The molecule has 4 aromatic rings. The van der Waals surface area contributed by atoms with Crippen molar-refractivity contribution in [2.45, 2.75) is 46.1 Å². The summed E-state index contributed by atoms with van der Waals surface area (Å²) in [4.78, 5) is 15.0. The van der Waals surface area contributed by atoms with Gasteiger partial charge in [0.25, 0.3) is 5.91 Å². The fourth-order valence-corrected chi connectivity index (χ4v) is 4.87. The molecule has 1 heterocycles. The van der Waals surface area contributed by atoms with Gasteiger partial charge in [0.05, 0.1) is 0 Å². The van der Waals surface area contributed by atoms with Crippen molar-refractivity contribution < 1.29 is 13.9 Å². The van der Waals surface area contributed by atoms with E-state index in [1.165, 1.54) is 11.6 Å². The van der Waals surface area contributed by atoms with Crippen LogP contribution in [0.1, 0.15) is 49.5 Å². The molecule has 1 aliphatic heterocycles. The maximum Gasteiger partial charge on any atom is 0.255 e. The van der Waals surface area contributed by atoms with Gasteiger partial charge in [0.2, 0.25) is 0 Å². The summed E-state index contributed by atoms with van der Waals surface area (Å²) in [5, 5.41) is 2.97. The largest absolute Gasteiger partial charge is 0.490 e. The van der Waals surface area contributed by atoms with Crippen molar-refractivity contribution in [1.29, 1.82) is 0 Å². The van der Waals surface area contributed by atoms with E-state index in [2.05, 4.69) is 24.2 Å². The highest BCUT2D eigenvalue weighted by Gasteiger charge is 2.19. The van der Waals surface area contributed by atoms with Gasteiger partial charge in [-0.2, -0.15) is 0 Å². The number of rotatable bonds is 7. The van der Waals surface area contributed by atoms with Crippen molar-refractivity contribution in [2.75, 3.05) is 25.5 Å². The Morgan fingerprint density at radius 2 is 1.57 bits per heavy atom. The van der Waals surface area contributed by atoms with Gasteiger partial charge in [0.1, 0.15) is 17.7 Å². The normalized spacial score (nSPS) is 13.7. The standard InChI is InChI=1S/C33H33FN2O2.C2H6/c1-3-23-7-9-25(10-8-23)33(37)35-28-13-11-24(12-14-28)31-16-15-30(38-29-17-19-36(2)20-18-29)22-32(31)26-5-4-6-27(34)21-26;1-2/h4-16,21-22,29H,3,17-20H2,1-2H3,(H,35,37);1-2H3. The van der Waals surface area contributed by atoms with Gasteiger partial charge in [-0.1, -0.05) is 63.2 Å². The van der Waals surface area contributed by atoms with Gasteiger partial charge in [0, 0.05) is 24.3 Å². The van der Waals surface area contributed by atoms with E-state index in [1.807, 2.05) is 86.6 Å². The van der Waals surface area contributed by atoms with Crippen LogP contribution in [0.4, 0.5) is 10.1 Å². The van der Waals surface area contributed by atoms with Gasteiger partial charge in [-0.3, -0.25) is 4.79 Å². The Morgan fingerprint density at radius 3 is 2.23 bits per heavy atom. The minimum Gasteiger partial charge on any atom is -0.490 e. The minimum absolute atomic E-state index is 0.142. The summed E-state index contributed by atoms with van der Waals surface area (Å²) >= 11 is 0. The average molecular weight is 539 g/mol. The molecule has 1 N–H and O–H groups in total. The van der Waals surface area contributed by atoms with Crippen LogP contribution < -0.4 is 10.1 Å². The number of carbonyl (C=O) groups is 1. The molecule has 0 atom stereocenters. The summed E-state index contributed by atoms with van der Waals surface area (Å²) in [6.45, 7) is 8.13. The highest BCUT2D eigenvalue weighted by atomic mass is 19.1. The van der Waals surface area contributed by atoms with Crippen LogP contribution >= 0.6 is 0 Å². The van der Waals surface area contributed by atoms with Gasteiger partial charge < -0.3 is 15.0 Å². The van der Waals surface area contributed by atoms with Gasteiger partial charge in [0.15, 0.2) is 0 Å². The van der Waals surface area contributed by atoms with Crippen molar-refractivity contribution in [3.05, 3.63) is 108 Å². The van der Waals surface area contributed by atoms with E-state index >= 15 is 0 Å². The van der Waals surface area contributed by atoms with Crippen LogP contribution in [-0.4, -0.2) is 37.0 Å².